The summed E-state index contributed by atoms with van der Waals surface area (Å²) in [5.74, 6) is 0.809. The number of ether oxygens (including phenoxy) is 1. The normalized spacial score (nSPS) is 17.7. The monoisotopic (exact) mass is 438 g/mol. The van der Waals surface area contributed by atoms with Crippen LogP contribution in [0.1, 0.15) is 51.5 Å². The number of rotatable bonds is 5. The first kappa shape index (κ1) is 24.6. The molecule has 3 rings (SSSR count). The molecule has 170 valence electrons. The molecule has 0 unspecified atom stereocenters. The third-order valence-electron chi connectivity index (χ3n) is 6.02. The Bertz CT molecular complexity index is 657. The average Bonchev–Trinajstić information content (AvgIpc) is 2.79. The fraction of sp³-hybridized carbons (Fsp3) is 0.696. The van der Waals surface area contributed by atoms with Gasteiger partial charge in [0, 0.05) is 39.3 Å². The number of carbonyl (C=O) groups is 1. The van der Waals surface area contributed by atoms with Crippen molar-refractivity contribution in [3.63, 3.8) is 0 Å². The summed E-state index contributed by atoms with van der Waals surface area (Å²) in [7, 11) is 3.34. The molecule has 2 amide bonds. The summed E-state index contributed by atoms with van der Waals surface area (Å²) in [5, 5.41) is 6.20. The topological polar surface area (TPSA) is 56.8 Å². The number of methoxy groups -OCH3 is 1. The highest BCUT2D eigenvalue weighted by molar-refractivity contribution is 6.32. The lowest BCUT2D eigenvalue weighted by atomic mass is 9.96. The summed E-state index contributed by atoms with van der Waals surface area (Å²) in [6.07, 6.45) is 7.13. The molecular formula is C23H39ClN4O2. The van der Waals surface area contributed by atoms with E-state index in [0.717, 1.165) is 68.4 Å². The van der Waals surface area contributed by atoms with Crippen LogP contribution in [0, 0.1) is 0 Å². The number of urea groups is 1. The minimum absolute atomic E-state index is 0.0445. The smallest absolute Gasteiger partial charge is 0.314 e. The first-order chi connectivity index (χ1) is 14.5. The first-order valence-corrected chi connectivity index (χ1v) is 11.7. The van der Waals surface area contributed by atoms with Crippen LogP contribution in [0.15, 0.2) is 12.1 Å². The first-order valence-electron chi connectivity index (χ1n) is 11.3. The summed E-state index contributed by atoms with van der Waals surface area (Å²) < 4.78 is 5.49. The highest BCUT2D eigenvalue weighted by atomic mass is 35.5. The van der Waals surface area contributed by atoms with Gasteiger partial charge in [-0.1, -0.05) is 44.7 Å². The molecule has 30 heavy (non-hydrogen) atoms. The number of likely N-dealkylation sites (N-methyl/N-ethyl adjacent to an activating group) is 1. The van der Waals surface area contributed by atoms with Crippen LogP contribution in [0.3, 0.4) is 0 Å². The van der Waals surface area contributed by atoms with Gasteiger partial charge in [0.2, 0.25) is 0 Å². The molecule has 6 nitrogen and oxygen atoms in total. The number of amides is 2. The molecule has 0 radical (unpaired) electrons. The average molecular weight is 439 g/mol. The van der Waals surface area contributed by atoms with Gasteiger partial charge in [-0.15, -0.1) is 0 Å². The Balaban J connectivity index is 0.000000248. The van der Waals surface area contributed by atoms with E-state index in [1.165, 1.54) is 24.8 Å². The van der Waals surface area contributed by atoms with Gasteiger partial charge in [-0.05, 0) is 43.5 Å². The molecule has 0 bridgehead atoms. The van der Waals surface area contributed by atoms with Crippen LogP contribution in [0.2, 0.25) is 5.02 Å². The van der Waals surface area contributed by atoms with Crippen LogP contribution in [0.25, 0.3) is 0 Å². The number of piperazine rings is 1. The summed E-state index contributed by atoms with van der Waals surface area (Å²) in [5.41, 5.74) is 2.40. The van der Waals surface area contributed by atoms with Gasteiger partial charge in [0.05, 0.1) is 17.8 Å². The zero-order valence-electron chi connectivity index (χ0n) is 19.1. The lowest BCUT2D eigenvalue weighted by molar-refractivity contribution is 0.234. The fourth-order valence-corrected chi connectivity index (χ4v) is 4.40. The van der Waals surface area contributed by atoms with Crippen LogP contribution < -0.4 is 20.3 Å². The number of nitrogens with one attached hydrogen (secondary N) is 2. The third kappa shape index (κ3) is 7.24. The van der Waals surface area contributed by atoms with Crippen molar-refractivity contribution < 1.29 is 9.53 Å². The van der Waals surface area contributed by atoms with E-state index >= 15 is 0 Å². The Morgan fingerprint density at radius 3 is 2.33 bits per heavy atom. The van der Waals surface area contributed by atoms with Gasteiger partial charge in [-0.2, -0.15) is 0 Å². The Hall–Kier alpha value is -1.66. The molecule has 1 saturated carbocycles. The van der Waals surface area contributed by atoms with Crippen molar-refractivity contribution in [1.29, 1.82) is 0 Å². The molecule has 2 N–H and O–H groups in total. The van der Waals surface area contributed by atoms with Crippen molar-refractivity contribution in [3.8, 4) is 5.75 Å². The van der Waals surface area contributed by atoms with Crippen LogP contribution >= 0.6 is 11.6 Å². The molecule has 1 aromatic rings. The van der Waals surface area contributed by atoms with Gasteiger partial charge < -0.3 is 25.2 Å². The van der Waals surface area contributed by atoms with Gasteiger partial charge in [-0.3, -0.25) is 0 Å². The van der Waals surface area contributed by atoms with E-state index in [1.54, 1.807) is 14.2 Å². The molecule has 0 atom stereocenters. The van der Waals surface area contributed by atoms with Gasteiger partial charge in [0.25, 0.3) is 0 Å². The minimum atomic E-state index is -0.0445. The summed E-state index contributed by atoms with van der Waals surface area (Å²) in [6, 6.07) is 4.60. The zero-order chi connectivity index (χ0) is 21.9. The SMILES string of the molecule is CCc1cc(Cl)c(OC)c(N2CCN(CC)CC2)c1.CNC(=O)NC1CCCCC1. The lowest BCUT2D eigenvalue weighted by Crippen LogP contribution is -2.46. The molecule has 1 aliphatic carbocycles. The van der Waals surface area contributed by atoms with Crippen molar-refractivity contribution in [1.82, 2.24) is 15.5 Å². The molecule has 1 aromatic carbocycles. The number of hydrogen-bond acceptors (Lipinski definition) is 4. The lowest BCUT2D eigenvalue weighted by Gasteiger charge is -2.36. The third-order valence-corrected chi connectivity index (χ3v) is 6.30. The quantitative estimate of drug-likeness (QED) is 0.719. The molecule has 2 aliphatic rings. The molecule has 0 aromatic heterocycles. The van der Waals surface area contributed by atoms with Crippen molar-refractivity contribution in [2.45, 2.75) is 58.4 Å². The number of benzene rings is 1. The van der Waals surface area contributed by atoms with E-state index in [-0.39, 0.29) is 6.03 Å². The second kappa shape index (κ2) is 12.9. The fourth-order valence-electron chi connectivity index (χ4n) is 4.08. The molecular weight excluding hydrogens is 400 g/mol. The van der Waals surface area contributed by atoms with Gasteiger partial charge in [-0.25, -0.2) is 4.79 Å². The number of hydrogen-bond donors (Lipinski definition) is 2. The van der Waals surface area contributed by atoms with Crippen molar-refractivity contribution >= 4 is 23.3 Å². The maximum absolute atomic E-state index is 10.9. The van der Waals surface area contributed by atoms with E-state index in [0.29, 0.717) is 6.04 Å². The Morgan fingerprint density at radius 2 is 1.80 bits per heavy atom. The predicted octanol–water partition coefficient (Wildman–Crippen LogP) is 4.30. The van der Waals surface area contributed by atoms with E-state index in [4.69, 9.17) is 16.3 Å². The highest BCUT2D eigenvalue weighted by Gasteiger charge is 2.21. The highest BCUT2D eigenvalue weighted by Crippen LogP contribution is 2.37. The Labute approximate surface area is 187 Å². The largest absolute Gasteiger partial charge is 0.493 e. The van der Waals surface area contributed by atoms with Gasteiger partial charge in [0.15, 0.2) is 5.75 Å². The van der Waals surface area contributed by atoms with Crippen LogP contribution in [-0.2, 0) is 6.42 Å². The number of halogens is 1. The Morgan fingerprint density at radius 1 is 1.13 bits per heavy atom. The summed E-state index contributed by atoms with van der Waals surface area (Å²) >= 11 is 6.33. The molecule has 1 heterocycles. The standard InChI is InChI=1S/C15H23ClN2O.C8H16N2O/c1-4-12-10-13(16)15(19-3)14(11-12)18-8-6-17(5-2)7-9-18;1-9-8(11)10-7-5-3-2-4-6-7/h10-11H,4-9H2,1-3H3;7H,2-6H2,1H3,(H2,9,10,11). The maximum Gasteiger partial charge on any atom is 0.314 e. The number of anilines is 1. The van der Waals surface area contributed by atoms with Crippen molar-refractivity contribution in [2.75, 3.05) is 51.8 Å². The molecule has 1 saturated heterocycles. The predicted molar refractivity (Wildman–Crippen MR) is 126 cm³/mol. The van der Waals surface area contributed by atoms with Crippen LogP contribution in [0.5, 0.6) is 5.75 Å². The molecule has 0 spiro atoms. The number of nitrogens with zero attached hydrogens (tertiary/aromatic N) is 2. The number of carbonyl (C=O) groups excluding carboxylic acids is 1. The summed E-state index contributed by atoms with van der Waals surface area (Å²) in [4.78, 5) is 15.7. The molecule has 7 heteroatoms. The molecule has 2 fully saturated rings. The second-order valence-corrected chi connectivity index (χ2v) is 8.37. The van der Waals surface area contributed by atoms with Crippen LogP contribution in [-0.4, -0.2) is 63.9 Å². The molecule has 1 aliphatic heterocycles. The van der Waals surface area contributed by atoms with E-state index < -0.39 is 0 Å². The van der Waals surface area contributed by atoms with Crippen molar-refractivity contribution in [3.05, 3.63) is 22.7 Å². The Kier molecular flexibility index (Phi) is 10.6. The minimum Gasteiger partial charge on any atom is -0.493 e. The van der Waals surface area contributed by atoms with Crippen LogP contribution in [0.4, 0.5) is 10.5 Å². The maximum atomic E-state index is 10.9. The van der Waals surface area contributed by atoms with Gasteiger partial charge >= 0.3 is 6.03 Å². The number of aryl methyl sites for hydroxylation is 1. The zero-order valence-corrected chi connectivity index (χ0v) is 19.9. The van der Waals surface area contributed by atoms with Gasteiger partial charge in [0.1, 0.15) is 0 Å². The summed E-state index contributed by atoms with van der Waals surface area (Å²) in [6.45, 7) is 9.77. The second-order valence-electron chi connectivity index (χ2n) is 7.96. The van der Waals surface area contributed by atoms with E-state index in [2.05, 4.69) is 40.3 Å². The van der Waals surface area contributed by atoms with Crippen molar-refractivity contribution in [2.24, 2.45) is 0 Å². The van der Waals surface area contributed by atoms with E-state index in [9.17, 15) is 4.79 Å². The van der Waals surface area contributed by atoms with E-state index in [1.807, 2.05) is 6.07 Å².